The van der Waals surface area contributed by atoms with Gasteiger partial charge in [-0.2, -0.15) is 58.6 Å². The number of hydrogen-bond donors (Lipinski definition) is 4. The summed E-state index contributed by atoms with van der Waals surface area (Å²) >= 11 is 6.55. The van der Waals surface area contributed by atoms with Crippen LogP contribution in [0.2, 0.25) is 0 Å². The quantitative estimate of drug-likeness (QED) is 0.00933. The van der Waals surface area contributed by atoms with Crippen molar-refractivity contribution in [3.63, 3.8) is 0 Å². The second-order valence-corrected chi connectivity index (χ2v) is 21.6. The number of aromatic carboxylic acids is 2. The number of carboxylic acids is 4. The van der Waals surface area contributed by atoms with Gasteiger partial charge >= 0.3 is 94.2 Å². The summed E-state index contributed by atoms with van der Waals surface area (Å²) in [5.74, 6) is -7.76. The Morgan fingerprint density at radius 1 is 0.385 bits per heavy atom. The fourth-order valence-corrected chi connectivity index (χ4v) is 8.43. The predicted octanol–water partition coefficient (Wildman–Crippen LogP) is 10.6. The Bertz CT molecular complexity index is 4540. The van der Waals surface area contributed by atoms with Gasteiger partial charge in [-0.25, -0.2) is 52.7 Å². The minimum atomic E-state index is -1.20. The molecule has 616 valence electrons. The van der Waals surface area contributed by atoms with Crippen LogP contribution in [0.1, 0.15) is 115 Å². The van der Waals surface area contributed by atoms with Gasteiger partial charge in [-0.3, -0.25) is 14.4 Å². The van der Waals surface area contributed by atoms with Gasteiger partial charge in [0, 0.05) is 45.4 Å². The summed E-state index contributed by atoms with van der Waals surface area (Å²) in [4.78, 5) is 198. The van der Waals surface area contributed by atoms with Crippen molar-refractivity contribution < 1.29 is 165 Å². The molecule has 0 saturated carbocycles. The smallest absolute Gasteiger partial charge is 1.00 e. The summed E-state index contributed by atoms with van der Waals surface area (Å²) in [5.41, 5.74) is 7.29. The number of carbonyl (C=O) groups is 14. The maximum absolute atomic E-state index is 11.6. The molecule has 0 heterocycles. The molecule has 0 aliphatic rings. The molecule has 37 heteroatoms. The van der Waals surface area contributed by atoms with E-state index in [2.05, 4.69) is 93.7 Å². The summed E-state index contributed by atoms with van der Waals surface area (Å²) in [7, 11) is 10.6. The van der Waals surface area contributed by atoms with Gasteiger partial charge in [-0.1, -0.05) is 75.7 Å². The van der Waals surface area contributed by atoms with Gasteiger partial charge in [0.2, 0.25) is 0 Å². The first kappa shape index (κ1) is 113. The van der Waals surface area contributed by atoms with E-state index in [4.69, 9.17) is 53.9 Å². The summed E-state index contributed by atoms with van der Waals surface area (Å²) in [6.45, 7) is 12.3. The first-order chi connectivity index (χ1) is 54.9. The van der Waals surface area contributed by atoms with Crippen molar-refractivity contribution in [2.24, 2.45) is 0 Å². The van der Waals surface area contributed by atoms with E-state index in [1.54, 1.807) is 66.7 Å². The number of rotatable bonds is 22. The Labute approximate surface area is 690 Å². The van der Waals surface area contributed by atoms with Crippen LogP contribution in [-0.4, -0.2) is 190 Å². The molecule has 0 atom stereocenters. The number of halogens is 2. The monoisotopic (exact) mass is 1750 g/mol. The number of aryl methyl sites for hydroxylation is 2. The van der Waals surface area contributed by atoms with E-state index >= 15 is 0 Å². The summed E-state index contributed by atoms with van der Waals surface area (Å²) in [6, 6.07) is 31.8. The van der Waals surface area contributed by atoms with Gasteiger partial charge in [0.1, 0.15) is 5.75 Å². The third-order valence-corrected chi connectivity index (χ3v) is 12.6. The molecule has 0 aliphatic heterocycles. The van der Waals surface area contributed by atoms with E-state index in [-0.39, 0.29) is 71.8 Å². The first-order valence-electron chi connectivity index (χ1n) is 31.0. The van der Waals surface area contributed by atoms with Crippen molar-refractivity contribution in [2.45, 2.75) is 20.8 Å². The molecule has 6 aromatic rings. The molecule has 117 heavy (non-hydrogen) atoms. The minimum Gasteiger partial charge on any atom is -1.00 e. The third-order valence-electron chi connectivity index (χ3n) is 11.7. The summed E-state index contributed by atoms with van der Waals surface area (Å²) < 4.78 is 46.3. The number of methoxy groups -OCH3 is 8. The largest absolute Gasteiger partial charge is 2.00 e. The number of ether oxygens (including phenoxy) is 10. The first-order valence-corrected chi connectivity index (χ1v) is 32.6. The number of benzene rings is 6. The number of carboxylic acid groups (broad SMARTS) is 4. The molecule has 0 amide bonds. The summed E-state index contributed by atoms with van der Waals surface area (Å²) in [6.07, 6.45) is 19.2. The average Bonchev–Trinajstić information content (AvgIpc) is 0.874. The van der Waals surface area contributed by atoms with Crippen LogP contribution in [0, 0.1) is 19.9 Å². The predicted molar refractivity (Wildman–Crippen MR) is 421 cm³/mol. The molecule has 0 spiro atoms. The maximum atomic E-state index is 11.6. The van der Waals surface area contributed by atoms with Crippen LogP contribution in [-0.2, 0) is 110 Å². The van der Waals surface area contributed by atoms with E-state index in [0.717, 1.165) is 73.4 Å². The average molecular weight is 1750 g/mol. The molecule has 0 unspecified atom stereocenters. The normalized spacial score (nSPS) is 9.24. The Balaban J connectivity index is -0.000000239. The standard InChI is InChI=1S/C15H16O4.C13H10O6.C13H14O4.C11H8O6.C9H9O2.C8H6Br2O2.2C4H6O2.3CO2.Be.H/c1-4-5-11-8-12(6-7-14(16)18-2)10-13(9-11)15(17)19-3;14-8-19-4-3-10-5-9(1-2-12(15)16)6-11(7-10)13(17)18;1-9-6-10(4-5-12(14)16-2)8-11(7-9)13(15)17-3;12-6-17-9-4-7(1-2-10(13)14)3-8(5-9)11(15)16;1-7-4-3-5-8(6-7)9(10)11-2;1-12-8(11)5-2-6(9)4-7(10)3-5;2*1-3-4(5)6-2;3*2-1-3;;/h4-10H,1-3H3;1-8H,(H,15,16)(H,17,18);4-8H,1-3H3;1-6H,(H,13,14)(H,15,16);4-6H,1-2H3;2-4H,1H3;2*3H,1H2,2H3;;;;;/q;;;;-1;;;;;;;+2;-1/b5-4+,7-6+;2-1+,4-3+;5-4+;2-1+;;;;;;;;;. The number of esters is 8. The van der Waals surface area contributed by atoms with Crippen LogP contribution in [0.25, 0.3) is 36.5 Å². The Morgan fingerprint density at radius 3 is 1.04 bits per heavy atom. The van der Waals surface area contributed by atoms with Crippen molar-refractivity contribution >= 4 is 181 Å². The fraction of sp³-hybridized carbons (Fsp3) is 0.138. The van der Waals surface area contributed by atoms with Crippen molar-refractivity contribution in [3.05, 3.63) is 264 Å². The van der Waals surface area contributed by atoms with Crippen molar-refractivity contribution in [2.75, 3.05) is 56.9 Å². The van der Waals surface area contributed by atoms with Crippen LogP contribution >= 0.6 is 31.9 Å². The van der Waals surface area contributed by atoms with E-state index in [0.29, 0.717) is 38.9 Å². The Hall–Kier alpha value is -14.9. The number of aliphatic carboxylic acids is 2. The Kier molecular flexibility index (Phi) is 67.8. The topological polar surface area (TPSA) is 515 Å². The molecule has 6 aromatic carbocycles. The molecule has 0 bridgehead atoms. The van der Waals surface area contributed by atoms with Crippen LogP contribution in [0.3, 0.4) is 0 Å². The van der Waals surface area contributed by atoms with E-state index < -0.39 is 59.7 Å². The van der Waals surface area contributed by atoms with Gasteiger partial charge in [0.25, 0.3) is 18.9 Å². The van der Waals surface area contributed by atoms with E-state index in [1.807, 2.05) is 57.2 Å². The molecule has 0 aliphatic carbocycles. The summed E-state index contributed by atoms with van der Waals surface area (Å²) in [5, 5.41) is 34.7. The second kappa shape index (κ2) is 70.2. The van der Waals surface area contributed by atoms with Crippen molar-refractivity contribution in [3.8, 4) is 5.75 Å². The number of carbonyl (C=O) groups excluding carboxylic acids is 16. The van der Waals surface area contributed by atoms with Crippen molar-refractivity contribution in [1.82, 2.24) is 0 Å². The molecule has 34 nitrogen and oxygen atoms in total. The zero-order valence-electron chi connectivity index (χ0n) is 65.0. The molecular formula is C80H76BeBr2O34. The minimum absolute atomic E-state index is 0. The number of hydrogen-bond acceptors (Lipinski definition) is 30. The van der Waals surface area contributed by atoms with Crippen LogP contribution in [0.15, 0.2) is 180 Å². The zero-order valence-corrected chi connectivity index (χ0v) is 67.2. The molecule has 0 radical (unpaired) electrons. The Morgan fingerprint density at radius 2 is 0.709 bits per heavy atom. The fourth-order valence-electron chi connectivity index (χ4n) is 7.13. The molecule has 0 saturated heterocycles. The van der Waals surface area contributed by atoms with E-state index in [1.165, 1.54) is 112 Å². The molecular weight excluding hydrogens is 1670 g/mol. The van der Waals surface area contributed by atoms with E-state index in [9.17, 15) is 67.1 Å². The zero-order chi connectivity index (χ0) is 89.7. The van der Waals surface area contributed by atoms with Crippen LogP contribution < -0.4 is 4.74 Å². The van der Waals surface area contributed by atoms with Gasteiger partial charge < -0.3 is 69.2 Å². The molecule has 0 fully saturated rings. The van der Waals surface area contributed by atoms with Gasteiger partial charge in [0.15, 0.2) is 0 Å². The molecule has 6 rings (SSSR count). The second-order valence-electron chi connectivity index (χ2n) is 19.7. The van der Waals surface area contributed by atoms with Gasteiger partial charge in [0.05, 0.1) is 91.0 Å². The van der Waals surface area contributed by atoms with Gasteiger partial charge in [-0.05, 0) is 168 Å². The molecule has 4 N–H and O–H groups in total. The molecule has 0 aromatic heterocycles. The number of allylic oxidation sites excluding steroid dienone is 1. The van der Waals surface area contributed by atoms with Gasteiger partial charge in [-0.15, -0.1) is 0 Å². The maximum Gasteiger partial charge on any atom is 2.00 e. The van der Waals surface area contributed by atoms with Crippen LogP contribution in [0.5, 0.6) is 5.75 Å². The van der Waals surface area contributed by atoms with Crippen LogP contribution in [0.4, 0.5) is 0 Å². The van der Waals surface area contributed by atoms with Crippen molar-refractivity contribution in [1.29, 1.82) is 0 Å². The SMILES string of the molecule is C/C=C/c1cc(/C=C/C(=O)OC)cc(C(=O)OC)c1.C=CC(=O)OC.C=CC(=O)OC.COC(=O)/C=C/c1cc(C)cc(C(=O)OC)c1.COC(=O)c1c[c-]cc(C)c1.COC(=O)c1cc(Br)cc(Br)c1.O=C=O.O=C=O.O=C=O.O=CO/C=C/c1cc(/C=C/C(=O)O)cc(C(=O)O)c1.O=COc1cc(/C=C/C(=O)O)cc(C(=O)O)c1.[Be+2].[H-]. The third kappa shape index (κ3) is 58.7.